The van der Waals surface area contributed by atoms with Gasteiger partial charge in [-0.05, 0) is 61.1 Å². The number of hydrogen-bond acceptors (Lipinski definition) is 13. The van der Waals surface area contributed by atoms with E-state index in [-0.39, 0.29) is 69.5 Å². The van der Waals surface area contributed by atoms with Crippen LogP contribution in [0.2, 0.25) is 16.6 Å². The first-order valence-corrected chi connectivity index (χ1v) is 35.6. The lowest BCUT2D eigenvalue weighted by Gasteiger charge is -2.48. The smallest absolute Gasteiger partial charge is 0.201 e. The first-order valence-electron chi connectivity index (χ1n) is 33.5. The Hall–Kier alpha value is -6.54. The molecular weight excluding hydrogens is 1200 g/mol. The maximum atomic E-state index is 7.83. The van der Waals surface area contributed by atoms with Crippen LogP contribution >= 0.6 is 0 Å². The SMILES string of the molecule is CC(C)[Si](OC(CO[C@H]1OC(COCc2ccccc2)[C@@H](OCc2ccccc2)[C@@H](OCc2ccccc2)C1OCc1ccccc1)CO[C@H]1OC(COCc2ccccc2)[C@@H](OCc2ccccc2)C(OCc2ccccc2)[C@H]1OCc1ccccc1)(C(C)C)C(C)C. The monoisotopic (exact) mass is 1290 g/mol. The minimum Gasteiger partial charge on any atom is -0.408 e. The third kappa shape index (κ3) is 20.5. The summed E-state index contributed by atoms with van der Waals surface area (Å²) >= 11 is 0. The van der Waals surface area contributed by atoms with E-state index in [0.717, 1.165) is 44.5 Å². The largest absolute Gasteiger partial charge is 0.408 e. The van der Waals surface area contributed by atoms with E-state index in [1.165, 1.54) is 0 Å². The lowest BCUT2D eigenvalue weighted by molar-refractivity contribution is -0.338. The predicted molar refractivity (Wildman–Crippen MR) is 367 cm³/mol. The average Bonchev–Trinajstić information content (AvgIpc) is 0.951. The van der Waals surface area contributed by atoms with Gasteiger partial charge in [0, 0.05) is 0 Å². The van der Waals surface area contributed by atoms with Crippen molar-refractivity contribution in [3.05, 3.63) is 287 Å². The minimum absolute atomic E-state index is 0.0396. The minimum atomic E-state index is -2.71. The van der Waals surface area contributed by atoms with E-state index in [1.807, 2.05) is 146 Å². The molecule has 0 aliphatic carbocycles. The zero-order chi connectivity index (χ0) is 65.2. The van der Waals surface area contributed by atoms with E-state index in [4.69, 9.17) is 61.3 Å². The van der Waals surface area contributed by atoms with E-state index < -0.39 is 75.8 Å². The second-order valence-electron chi connectivity index (χ2n) is 25.4. The first-order chi connectivity index (χ1) is 46.1. The highest BCUT2D eigenvalue weighted by Gasteiger charge is 2.53. The Labute approximate surface area is 558 Å². The Morgan fingerprint density at radius 1 is 0.277 bits per heavy atom. The maximum absolute atomic E-state index is 7.83. The van der Waals surface area contributed by atoms with Crippen molar-refractivity contribution in [2.45, 2.75) is 179 Å². The van der Waals surface area contributed by atoms with Gasteiger partial charge in [-0.2, -0.15) is 0 Å². The molecule has 2 fully saturated rings. The molecule has 0 amide bonds. The van der Waals surface area contributed by atoms with Crippen molar-refractivity contribution < 1.29 is 61.3 Å². The van der Waals surface area contributed by atoms with Crippen LogP contribution in [0.3, 0.4) is 0 Å². The normalized spacial score (nSPS) is 22.0. The van der Waals surface area contributed by atoms with Crippen LogP contribution in [-0.2, 0) is 114 Å². The fraction of sp³-hybridized carbons (Fsp3) is 0.400. The quantitative estimate of drug-likeness (QED) is 0.0344. The van der Waals surface area contributed by atoms with Crippen LogP contribution in [0.5, 0.6) is 0 Å². The standard InChI is InChI=1S/C80H96O13Si/c1-59(2)94(60(3)4,61(5)6)93-70(55-89-79-77(87-53-68-43-27-13-28-44-68)75(85-51-66-39-23-11-24-40-66)73(83-49-64-35-19-9-20-36-64)71(91-79)57-81-47-62-31-15-7-16-32-62)56-90-80-78(88-54-69-45-29-14-30-46-69)76(86-52-67-41-25-12-26-42-67)74(84-50-65-37-21-10-22-38-65)72(92-80)58-82-48-63-33-17-8-18-34-63/h7-46,59-61,70-80H,47-58H2,1-6H3/t70?,71?,72?,73-,74-,75-,76?,77?,78-,79+,80+/m1/s1. The molecule has 8 aromatic carbocycles. The summed E-state index contributed by atoms with van der Waals surface area (Å²) in [7, 11) is -2.71. The van der Waals surface area contributed by atoms with Gasteiger partial charge >= 0.3 is 0 Å². The molecule has 2 aliphatic rings. The molecule has 8 aromatic rings. The molecule has 0 radical (unpaired) electrons. The summed E-state index contributed by atoms with van der Waals surface area (Å²) in [6.07, 6.45) is -8.44. The summed E-state index contributed by atoms with van der Waals surface area (Å²) in [6, 6.07) is 81.2. The Morgan fingerprint density at radius 2 is 0.500 bits per heavy atom. The van der Waals surface area contributed by atoms with Crippen molar-refractivity contribution in [2.24, 2.45) is 0 Å². The van der Waals surface area contributed by atoms with Gasteiger partial charge in [-0.25, -0.2) is 0 Å². The highest BCUT2D eigenvalue weighted by atomic mass is 28.4. The Kier molecular flexibility index (Phi) is 27.7. The second-order valence-corrected chi connectivity index (χ2v) is 30.8. The molecule has 94 heavy (non-hydrogen) atoms. The van der Waals surface area contributed by atoms with Crippen molar-refractivity contribution in [3.8, 4) is 0 Å². The third-order valence-electron chi connectivity index (χ3n) is 17.7. The number of ether oxygens (including phenoxy) is 12. The molecule has 0 saturated carbocycles. The second kappa shape index (κ2) is 37.1. The molecule has 498 valence electrons. The molecule has 5 unspecified atom stereocenters. The van der Waals surface area contributed by atoms with Crippen LogP contribution < -0.4 is 0 Å². The molecule has 2 aliphatic heterocycles. The van der Waals surface area contributed by atoms with E-state index in [1.54, 1.807) is 0 Å². The van der Waals surface area contributed by atoms with Crippen molar-refractivity contribution in [3.63, 3.8) is 0 Å². The summed E-state index contributed by atoms with van der Waals surface area (Å²) in [5, 5.41) is 0. The summed E-state index contributed by atoms with van der Waals surface area (Å²) in [5.74, 6) is 0. The van der Waals surface area contributed by atoms with Crippen molar-refractivity contribution in [2.75, 3.05) is 26.4 Å². The highest BCUT2D eigenvalue weighted by molar-refractivity contribution is 6.77. The Morgan fingerprint density at radius 3 is 0.745 bits per heavy atom. The lowest BCUT2D eigenvalue weighted by atomic mass is 9.97. The molecule has 13 nitrogen and oxygen atoms in total. The van der Waals surface area contributed by atoms with Gasteiger partial charge in [0.15, 0.2) is 12.6 Å². The van der Waals surface area contributed by atoms with E-state index in [9.17, 15) is 0 Å². The van der Waals surface area contributed by atoms with Gasteiger partial charge in [0.05, 0.1) is 85.4 Å². The predicted octanol–water partition coefficient (Wildman–Crippen LogP) is 16.0. The molecule has 0 N–H and O–H groups in total. The number of benzene rings is 8. The number of hydrogen-bond donors (Lipinski definition) is 0. The van der Waals surface area contributed by atoms with Crippen molar-refractivity contribution >= 4 is 8.32 Å². The van der Waals surface area contributed by atoms with Crippen LogP contribution in [0.4, 0.5) is 0 Å². The fourth-order valence-electron chi connectivity index (χ4n) is 13.0. The van der Waals surface area contributed by atoms with Crippen molar-refractivity contribution in [1.82, 2.24) is 0 Å². The zero-order valence-corrected chi connectivity index (χ0v) is 56.5. The third-order valence-corrected chi connectivity index (χ3v) is 23.8. The topological polar surface area (TPSA) is 120 Å². The molecule has 0 bridgehead atoms. The molecule has 10 rings (SSSR count). The van der Waals surface area contributed by atoms with Gasteiger partial charge in [-0.1, -0.05) is 284 Å². The molecule has 2 heterocycles. The van der Waals surface area contributed by atoms with Crippen LogP contribution in [0.25, 0.3) is 0 Å². The van der Waals surface area contributed by atoms with Gasteiger partial charge in [0.1, 0.15) is 48.8 Å². The van der Waals surface area contributed by atoms with Gasteiger partial charge in [-0.15, -0.1) is 0 Å². The lowest BCUT2D eigenvalue weighted by Crippen LogP contribution is -2.62. The summed E-state index contributed by atoms with van der Waals surface area (Å²) in [6.45, 7) is 16.5. The fourth-order valence-corrected chi connectivity index (χ4v) is 18.5. The molecule has 11 atom stereocenters. The van der Waals surface area contributed by atoms with Crippen LogP contribution in [0.15, 0.2) is 243 Å². The first kappa shape index (κ1) is 70.3. The Bertz CT molecular complexity index is 3080. The molecule has 0 aromatic heterocycles. The van der Waals surface area contributed by atoms with E-state index in [2.05, 4.69) is 139 Å². The van der Waals surface area contributed by atoms with Crippen LogP contribution in [0, 0.1) is 0 Å². The van der Waals surface area contributed by atoms with Gasteiger partial charge in [0.25, 0.3) is 0 Å². The van der Waals surface area contributed by atoms with Crippen LogP contribution in [-0.4, -0.2) is 102 Å². The van der Waals surface area contributed by atoms with E-state index in [0.29, 0.717) is 26.4 Å². The molecule has 0 spiro atoms. The molecule has 14 heteroatoms. The van der Waals surface area contributed by atoms with Crippen molar-refractivity contribution in [1.29, 1.82) is 0 Å². The zero-order valence-electron chi connectivity index (χ0n) is 55.5. The highest BCUT2D eigenvalue weighted by Crippen LogP contribution is 2.44. The summed E-state index contributed by atoms with van der Waals surface area (Å²) in [5.41, 5.74) is 8.67. The van der Waals surface area contributed by atoms with E-state index >= 15 is 0 Å². The van der Waals surface area contributed by atoms with Gasteiger partial charge in [0.2, 0.25) is 8.32 Å². The molecule has 2 saturated heterocycles. The van der Waals surface area contributed by atoms with Crippen LogP contribution in [0.1, 0.15) is 86.1 Å². The average molecular weight is 1290 g/mol. The number of rotatable bonds is 37. The van der Waals surface area contributed by atoms with Gasteiger partial charge in [-0.3, -0.25) is 0 Å². The Balaban J connectivity index is 1.01. The summed E-state index contributed by atoms with van der Waals surface area (Å²) in [4.78, 5) is 0. The van der Waals surface area contributed by atoms with Gasteiger partial charge < -0.3 is 61.3 Å². The molecular formula is C80H96O13Si. The maximum Gasteiger partial charge on any atom is 0.201 e. The summed E-state index contributed by atoms with van der Waals surface area (Å²) < 4.78 is 93.0.